The molecule has 1 amide bonds. The van der Waals surface area contributed by atoms with Gasteiger partial charge in [-0.05, 0) is 43.4 Å². The van der Waals surface area contributed by atoms with Gasteiger partial charge in [0.25, 0.3) is 5.91 Å². The summed E-state index contributed by atoms with van der Waals surface area (Å²) >= 11 is 0. The Kier molecular flexibility index (Phi) is 4.98. The number of aromatic nitrogens is 1. The van der Waals surface area contributed by atoms with Crippen LogP contribution in [0.25, 0.3) is 5.52 Å². The van der Waals surface area contributed by atoms with Crippen LogP contribution >= 0.6 is 0 Å². The predicted octanol–water partition coefficient (Wildman–Crippen LogP) is 2.42. The minimum absolute atomic E-state index is 0.0282. The zero-order valence-electron chi connectivity index (χ0n) is 13.7. The number of amides is 1. The van der Waals surface area contributed by atoms with Crippen molar-refractivity contribution in [1.82, 2.24) is 9.72 Å². The van der Waals surface area contributed by atoms with Gasteiger partial charge in [0.05, 0.1) is 18.2 Å². The molecule has 3 rings (SSSR count). The second kappa shape index (κ2) is 7.15. The first kappa shape index (κ1) is 16.0. The number of fused-ring (bicyclic) bond motifs is 1. The normalized spacial score (nSPS) is 17.3. The van der Waals surface area contributed by atoms with Gasteiger partial charge in [-0.15, -0.1) is 0 Å². The number of nitrogens with one attached hydrogen (secondary N) is 1. The lowest BCUT2D eigenvalue weighted by Crippen LogP contribution is -2.45. The number of nitrogens with zero attached hydrogens (tertiary/aromatic N) is 1. The summed E-state index contributed by atoms with van der Waals surface area (Å²) in [5.74, 6) is 0.369. The number of hydrogen-bond acceptors (Lipinski definition) is 3. The number of rotatable bonds is 5. The Labute approximate surface area is 136 Å². The number of aryl methyl sites for hydroxylation is 1. The standard InChI is InChI=1S/C18H24N2O3/c1-13-4-3-7-20-11-15(10-17(13)20)18(21)19-16(12-22-2)14-5-8-23-9-6-14/h3-4,7,10-11,14,16H,5-6,8-9,12H2,1-2H3,(H,19,21). The number of ether oxygens (including phenoxy) is 2. The third-order valence-corrected chi connectivity index (χ3v) is 4.61. The minimum Gasteiger partial charge on any atom is -0.383 e. The molecule has 0 bridgehead atoms. The van der Waals surface area contributed by atoms with Gasteiger partial charge >= 0.3 is 0 Å². The van der Waals surface area contributed by atoms with E-state index in [0.29, 0.717) is 18.1 Å². The van der Waals surface area contributed by atoms with Crippen molar-refractivity contribution < 1.29 is 14.3 Å². The molecule has 1 aliphatic rings. The smallest absolute Gasteiger partial charge is 0.253 e. The summed E-state index contributed by atoms with van der Waals surface area (Å²) in [5, 5.41) is 3.15. The topological polar surface area (TPSA) is 52.0 Å². The third kappa shape index (κ3) is 3.57. The highest BCUT2D eigenvalue weighted by molar-refractivity contribution is 5.96. The van der Waals surface area contributed by atoms with Crippen LogP contribution in [0, 0.1) is 12.8 Å². The van der Waals surface area contributed by atoms with Crippen molar-refractivity contribution in [2.24, 2.45) is 5.92 Å². The minimum atomic E-state index is -0.0401. The summed E-state index contributed by atoms with van der Waals surface area (Å²) in [6.07, 6.45) is 5.77. The van der Waals surface area contributed by atoms with Crippen molar-refractivity contribution in [3.63, 3.8) is 0 Å². The van der Waals surface area contributed by atoms with Crippen molar-refractivity contribution in [3.05, 3.63) is 41.7 Å². The molecular formula is C18H24N2O3. The summed E-state index contributed by atoms with van der Waals surface area (Å²) in [6.45, 7) is 4.10. The van der Waals surface area contributed by atoms with Crippen molar-refractivity contribution in [1.29, 1.82) is 0 Å². The maximum atomic E-state index is 12.6. The largest absolute Gasteiger partial charge is 0.383 e. The first-order valence-corrected chi connectivity index (χ1v) is 8.14. The molecule has 2 aromatic rings. The number of methoxy groups -OCH3 is 1. The van der Waals surface area contributed by atoms with E-state index in [4.69, 9.17) is 9.47 Å². The highest BCUT2D eigenvalue weighted by Crippen LogP contribution is 2.20. The zero-order chi connectivity index (χ0) is 16.2. The molecule has 0 saturated carbocycles. The van der Waals surface area contributed by atoms with Crippen molar-refractivity contribution >= 4 is 11.4 Å². The molecule has 0 spiro atoms. The van der Waals surface area contributed by atoms with E-state index < -0.39 is 0 Å². The number of carbonyl (C=O) groups is 1. The quantitative estimate of drug-likeness (QED) is 0.921. The molecule has 124 valence electrons. The molecular weight excluding hydrogens is 292 g/mol. The second-order valence-corrected chi connectivity index (χ2v) is 6.20. The molecule has 0 radical (unpaired) electrons. The molecule has 23 heavy (non-hydrogen) atoms. The van der Waals surface area contributed by atoms with E-state index in [9.17, 15) is 4.79 Å². The van der Waals surface area contributed by atoms with Crippen LogP contribution in [0.2, 0.25) is 0 Å². The van der Waals surface area contributed by atoms with Crippen LogP contribution < -0.4 is 5.32 Å². The number of hydrogen-bond donors (Lipinski definition) is 1. The molecule has 0 aliphatic carbocycles. The number of pyridine rings is 1. The Balaban J connectivity index is 1.75. The van der Waals surface area contributed by atoms with Crippen molar-refractivity contribution in [3.8, 4) is 0 Å². The summed E-state index contributed by atoms with van der Waals surface area (Å²) in [6, 6.07) is 6.01. The van der Waals surface area contributed by atoms with Crippen LogP contribution in [0.4, 0.5) is 0 Å². The molecule has 1 aliphatic heterocycles. The van der Waals surface area contributed by atoms with E-state index in [1.165, 1.54) is 0 Å². The average molecular weight is 316 g/mol. The van der Waals surface area contributed by atoms with Crippen LogP contribution in [0.3, 0.4) is 0 Å². The van der Waals surface area contributed by atoms with Crippen molar-refractivity contribution in [2.75, 3.05) is 26.9 Å². The molecule has 5 heteroatoms. The highest BCUT2D eigenvalue weighted by atomic mass is 16.5. The van der Waals surface area contributed by atoms with Gasteiger partial charge < -0.3 is 19.2 Å². The first-order valence-electron chi connectivity index (χ1n) is 8.14. The lowest BCUT2D eigenvalue weighted by molar-refractivity contribution is 0.0361. The van der Waals surface area contributed by atoms with Gasteiger partial charge in [0.2, 0.25) is 0 Å². The van der Waals surface area contributed by atoms with Crippen LogP contribution in [0.5, 0.6) is 0 Å². The van der Waals surface area contributed by atoms with Crippen molar-refractivity contribution in [2.45, 2.75) is 25.8 Å². The van der Waals surface area contributed by atoms with Gasteiger partial charge in [-0.3, -0.25) is 4.79 Å². The Morgan fingerprint density at radius 1 is 1.48 bits per heavy atom. The molecule has 3 heterocycles. The fraction of sp³-hybridized carbons (Fsp3) is 0.500. The van der Waals surface area contributed by atoms with Gasteiger partial charge in [-0.1, -0.05) is 6.07 Å². The van der Waals surface area contributed by atoms with Gasteiger partial charge in [0.1, 0.15) is 0 Å². The van der Waals surface area contributed by atoms with Gasteiger partial charge in [-0.25, -0.2) is 0 Å². The molecule has 0 aromatic carbocycles. The summed E-state index contributed by atoms with van der Waals surface area (Å²) < 4.78 is 12.7. The Morgan fingerprint density at radius 3 is 2.96 bits per heavy atom. The monoisotopic (exact) mass is 316 g/mol. The van der Waals surface area contributed by atoms with Gasteiger partial charge in [-0.2, -0.15) is 0 Å². The maximum absolute atomic E-state index is 12.6. The fourth-order valence-corrected chi connectivity index (χ4v) is 3.25. The lowest BCUT2D eigenvalue weighted by atomic mass is 9.92. The maximum Gasteiger partial charge on any atom is 0.253 e. The predicted molar refractivity (Wildman–Crippen MR) is 88.8 cm³/mol. The summed E-state index contributed by atoms with van der Waals surface area (Å²) in [4.78, 5) is 12.6. The van der Waals surface area contributed by atoms with Crippen LogP contribution in [0.15, 0.2) is 30.6 Å². The molecule has 1 N–H and O–H groups in total. The third-order valence-electron chi connectivity index (χ3n) is 4.61. The first-order chi connectivity index (χ1) is 11.2. The molecule has 1 unspecified atom stereocenters. The molecule has 1 atom stereocenters. The van der Waals surface area contributed by atoms with Gasteiger partial charge in [0.15, 0.2) is 0 Å². The zero-order valence-corrected chi connectivity index (χ0v) is 13.7. The highest BCUT2D eigenvalue weighted by Gasteiger charge is 2.26. The fourth-order valence-electron chi connectivity index (χ4n) is 3.25. The molecule has 5 nitrogen and oxygen atoms in total. The van der Waals surface area contributed by atoms with E-state index in [1.54, 1.807) is 7.11 Å². The summed E-state index contributed by atoms with van der Waals surface area (Å²) in [7, 11) is 1.68. The second-order valence-electron chi connectivity index (χ2n) is 6.20. The molecule has 1 saturated heterocycles. The Bertz CT molecular complexity index is 674. The van der Waals surface area contributed by atoms with E-state index >= 15 is 0 Å². The van der Waals surface area contributed by atoms with E-state index in [-0.39, 0.29) is 11.9 Å². The van der Waals surface area contributed by atoms with E-state index in [1.807, 2.05) is 41.9 Å². The summed E-state index contributed by atoms with van der Waals surface area (Å²) in [5.41, 5.74) is 2.91. The van der Waals surface area contributed by atoms with Crippen LogP contribution in [0.1, 0.15) is 28.8 Å². The van der Waals surface area contributed by atoms with Crippen LogP contribution in [-0.2, 0) is 9.47 Å². The average Bonchev–Trinajstić information content (AvgIpc) is 3.01. The Hall–Kier alpha value is -1.85. The number of carbonyl (C=O) groups excluding carboxylic acids is 1. The SMILES string of the molecule is COCC(NC(=O)c1cc2c(C)cccn2c1)C1CCOCC1. The van der Waals surface area contributed by atoms with E-state index in [0.717, 1.165) is 37.1 Å². The Morgan fingerprint density at radius 2 is 2.26 bits per heavy atom. The van der Waals surface area contributed by atoms with E-state index in [2.05, 4.69) is 5.32 Å². The van der Waals surface area contributed by atoms with Gasteiger partial charge in [0, 0.05) is 38.2 Å². The molecule has 1 fully saturated rings. The lowest BCUT2D eigenvalue weighted by Gasteiger charge is -2.30. The molecule has 2 aromatic heterocycles. The van der Waals surface area contributed by atoms with Crippen LogP contribution in [-0.4, -0.2) is 43.3 Å².